The van der Waals surface area contributed by atoms with Crippen LogP contribution in [0.1, 0.15) is 73.0 Å². The summed E-state index contributed by atoms with van der Waals surface area (Å²) in [6.45, 7) is 0.677. The van der Waals surface area contributed by atoms with Crippen molar-refractivity contribution in [1.29, 1.82) is 0 Å². The van der Waals surface area contributed by atoms with E-state index in [0.29, 0.717) is 17.7 Å². The second-order valence-corrected chi connectivity index (χ2v) is 6.18. The van der Waals surface area contributed by atoms with Gasteiger partial charge in [0, 0.05) is 24.4 Å². The maximum Gasteiger partial charge on any atom is 0.339 e. The molecule has 2 fully saturated rings. The first-order valence-corrected chi connectivity index (χ1v) is 8.16. The van der Waals surface area contributed by atoms with Crippen molar-refractivity contribution in [3.8, 4) is 0 Å². The molecule has 5 nitrogen and oxygen atoms in total. The number of rotatable bonds is 3. The number of hydrogen-bond donors (Lipinski definition) is 0. The molecule has 1 aliphatic heterocycles. The minimum absolute atomic E-state index is 0.00791. The Hall–Kier alpha value is -1.62. The molecule has 1 unspecified atom stereocenters. The number of nitrogens with zero attached hydrogens (tertiary/aromatic N) is 1. The third-order valence-corrected chi connectivity index (χ3v) is 4.74. The third kappa shape index (κ3) is 2.95. The summed E-state index contributed by atoms with van der Waals surface area (Å²) in [4.78, 5) is 24.8. The van der Waals surface area contributed by atoms with Crippen LogP contribution in [0.5, 0.6) is 0 Å². The van der Waals surface area contributed by atoms with Crippen molar-refractivity contribution < 1.29 is 14.3 Å². The number of pyridine rings is 1. The van der Waals surface area contributed by atoms with Gasteiger partial charge in [-0.2, -0.15) is 0 Å². The van der Waals surface area contributed by atoms with Crippen LogP contribution in [-0.4, -0.2) is 24.3 Å². The molecule has 120 valence electrons. The van der Waals surface area contributed by atoms with Crippen LogP contribution in [0, 0.1) is 0 Å². The SMILES string of the molecule is COC(=O)c1cc(C2CCCCO2)c(=O)n(C2CCCC2)c1. The van der Waals surface area contributed by atoms with Gasteiger partial charge in [-0.3, -0.25) is 4.79 Å². The Balaban J connectivity index is 2.04. The second-order valence-electron chi connectivity index (χ2n) is 6.18. The van der Waals surface area contributed by atoms with Gasteiger partial charge in [-0.1, -0.05) is 12.8 Å². The summed E-state index contributed by atoms with van der Waals surface area (Å²) in [5, 5.41) is 0. The lowest BCUT2D eigenvalue weighted by Gasteiger charge is -2.24. The van der Waals surface area contributed by atoms with Crippen molar-refractivity contribution in [2.24, 2.45) is 0 Å². The van der Waals surface area contributed by atoms with Gasteiger partial charge in [0.1, 0.15) is 0 Å². The second kappa shape index (κ2) is 6.65. The van der Waals surface area contributed by atoms with Crippen LogP contribution < -0.4 is 5.56 Å². The van der Waals surface area contributed by atoms with Crippen molar-refractivity contribution in [3.05, 3.63) is 33.7 Å². The zero-order valence-electron chi connectivity index (χ0n) is 13.0. The maximum absolute atomic E-state index is 12.8. The monoisotopic (exact) mass is 305 g/mol. The summed E-state index contributed by atoms with van der Waals surface area (Å²) in [6, 6.07) is 1.86. The van der Waals surface area contributed by atoms with E-state index in [4.69, 9.17) is 9.47 Å². The topological polar surface area (TPSA) is 57.5 Å². The van der Waals surface area contributed by atoms with Crippen LogP contribution in [0.2, 0.25) is 0 Å². The van der Waals surface area contributed by atoms with Crippen LogP contribution in [0.4, 0.5) is 0 Å². The number of carbonyl (C=O) groups is 1. The van der Waals surface area contributed by atoms with Gasteiger partial charge in [0.15, 0.2) is 0 Å². The molecule has 0 aromatic carbocycles. The van der Waals surface area contributed by atoms with Gasteiger partial charge in [-0.15, -0.1) is 0 Å². The highest BCUT2D eigenvalue weighted by Crippen LogP contribution is 2.31. The first-order chi connectivity index (χ1) is 10.7. The van der Waals surface area contributed by atoms with E-state index in [2.05, 4.69) is 0 Å². The molecule has 0 N–H and O–H groups in total. The van der Waals surface area contributed by atoms with E-state index in [-0.39, 0.29) is 17.7 Å². The van der Waals surface area contributed by atoms with E-state index < -0.39 is 5.97 Å². The minimum Gasteiger partial charge on any atom is -0.465 e. The molecule has 1 saturated carbocycles. The number of hydrogen-bond acceptors (Lipinski definition) is 4. The number of esters is 1. The molecule has 22 heavy (non-hydrogen) atoms. The fourth-order valence-electron chi connectivity index (χ4n) is 3.52. The highest BCUT2D eigenvalue weighted by Gasteiger charge is 2.26. The Kier molecular flexibility index (Phi) is 4.62. The largest absolute Gasteiger partial charge is 0.465 e. The molecular weight excluding hydrogens is 282 g/mol. The summed E-state index contributed by atoms with van der Waals surface area (Å²) in [7, 11) is 1.37. The van der Waals surface area contributed by atoms with Gasteiger partial charge in [0.25, 0.3) is 5.56 Å². The van der Waals surface area contributed by atoms with Crippen molar-refractivity contribution >= 4 is 5.97 Å². The van der Waals surface area contributed by atoms with Gasteiger partial charge in [-0.25, -0.2) is 4.79 Å². The Labute approximate surface area is 130 Å². The van der Waals surface area contributed by atoms with Crippen molar-refractivity contribution in [1.82, 2.24) is 4.57 Å². The van der Waals surface area contributed by atoms with E-state index in [1.807, 2.05) is 0 Å². The molecule has 2 aliphatic rings. The van der Waals surface area contributed by atoms with Crippen LogP contribution in [0.25, 0.3) is 0 Å². The van der Waals surface area contributed by atoms with Crippen LogP contribution in [0.3, 0.4) is 0 Å². The lowest BCUT2D eigenvalue weighted by Crippen LogP contribution is -2.30. The zero-order chi connectivity index (χ0) is 15.5. The number of carbonyl (C=O) groups excluding carboxylic acids is 1. The first kappa shape index (κ1) is 15.3. The first-order valence-electron chi connectivity index (χ1n) is 8.16. The predicted molar refractivity (Wildman–Crippen MR) is 82.1 cm³/mol. The number of aromatic nitrogens is 1. The average Bonchev–Trinajstić information content (AvgIpc) is 3.09. The van der Waals surface area contributed by atoms with Crippen LogP contribution in [0.15, 0.2) is 17.1 Å². The Morgan fingerprint density at radius 2 is 1.95 bits per heavy atom. The minimum atomic E-state index is -0.399. The van der Waals surface area contributed by atoms with Gasteiger partial charge in [-0.05, 0) is 38.2 Å². The standard InChI is InChI=1S/C17H23NO4/c1-21-17(20)12-10-14(15-8-4-5-9-22-15)16(19)18(11-12)13-6-2-3-7-13/h10-11,13,15H,2-9H2,1H3. The molecule has 1 saturated heterocycles. The summed E-state index contributed by atoms with van der Waals surface area (Å²) >= 11 is 0. The molecule has 0 spiro atoms. The van der Waals surface area contributed by atoms with E-state index >= 15 is 0 Å². The van der Waals surface area contributed by atoms with E-state index in [1.54, 1.807) is 16.8 Å². The van der Waals surface area contributed by atoms with Crippen molar-refractivity contribution in [2.45, 2.75) is 57.1 Å². The normalized spacial score (nSPS) is 22.7. The molecule has 1 aromatic heterocycles. The number of ether oxygens (including phenoxy) is 2. The Bertz CT molecular complexity index is 595. The van der Waals surface area contributed by atoms with Gasteiger partial charge >= 0.3 is 5.97 Å². The van der Waals surface area contributed by atoms with E-state index in [9.17, 15) is 9.59 Å². The summed E-state index contributed by atoms with van der Waals surface area (Å²) in [6.07, 6.45) is 8.65. The molecule has 0 amide bonds. The lowest BCUT2D eigenvalue weighted by molar-refractivity contribution is 0.0136. The van der Waals surface area contributed by atoms with Gasteiger partial charge in [0.2, 0.25) is 0 Å². The van der Waals surface area contributed by atoms with Crippen LogP contribution >= 0.6 is 0 Å². The molecule has 1 atom stereocenters. The molecule has 0 radical (unpaired) electrons. The number of methoxy groups -OCH3 is 1. The highest BCUT2D eigenvalue weighted by molar-refractivity contribution is 5.89. The smallest absolute Gasteiger partial charge is 0.339 e. The zero-order valence-corrected chi connectivity index (χ0v) is 13.0. The summed E-state index contributed by atoms with van der Waals surface area (Å²) in [5.74, 6) is -0.399. The lowest BCUT2D eigenvalue weighted by atomic mass is 10.0. The highest BCUT2D eigenvalue weighted by atomic mass is 16.5. The third-order valence-electron chi connectivity index (χ3n) is 4.74. The van der Waals surface area contributed by atoms with Crippen molar-refractivity contribution in [2.75, 3.05) is 13.7 Å². The molecule has 1 aromatic rings. The predicted octanol–water partition coefficient (Wildman–Crippen LogP) is 2.99. The molecule has 2 heterocycles. The molecule has 0 bridgehead atoms. The maximum atomic E-state index is 12.8. The molecule has 1 aliphatic carbocycles. The summed E-state index contributed by atoms with van der Waals surface area (Å²) < 4.78 is 12.3. The Morgan fingerprint density at radius 1 is 1.23 bits per heavy atom. The van der Waals surface area contributed by atoms with Crippen molar-refractivity contribution in [3.63, 3.8) is 0 Å². The molecule has 3 rings (SSSR count). The van der Waals surface area contributed by atoms with Gasteiger partial charge < -0.3 is 14.0 Å². The Morgan fingerprint density at radius 3 is 2.59 bits per heavy atom. The average molecular weight is 305 g/mol. The van der Waals surface area contributed by atoms with E-state index in [1.165, 1.54) is 7.11 Å². The quantitative estimate of drug-likeness (QED) is 0.806. The molecular formula is C17H23NO4. The summed E-state index contributed by atoms with van der Waals surface area (Å²) in [5.41, 5.74) is 1.04. The fraction of sp³-hybridized carbons (Fsp3) is 0.647. The fourth-order valence-corrected chi connectivity index (χ4v) is 3.52. The molecule has 5 heteroatoms. The van der Waals surface area contributed by atoms with E-state index in [0.717, 1.165) is 44.9 Å². The van der Waals surface area contributed by atoms with Gasteiger partial charge in [0.05, 0.1) is 18.8 Å². The van der Waals surface area contributed by atoms with Crippen LogP contribution in [-0.2, 0) is 9.47 Å².